The number of amides is 1. The first kappa shape index (κ1) is 14.9. The smallest absolute Gasteiger partial charge is 0.239 e. The topological polar surface area (TPSA) is 66.4 Å². The van der Waals surface area contributed by atoms with Crippen LogP contribution < -0.4 is 5.32 Å². The van der Waals surface area contributed by atoms with Crippen LogP contribution in [-0.4, -0.2) is 32.8 Å². The Kier molecular flexibility index (Phi) is 6.01. The van der Waals surface area contributed by atoms with Crippen molar-refractivity contribution in [3.8, 4) is 0 Å². The molecule has 1 aromatic carbocycles. The second-order valence-electron chi connectivity index (χ2n) is 4.16. The Balaban J connectivity index is 2.54. The van der Waals surface area contributed by atoms with Gasteiger partial charge >= 0.3 is 0 Å². The van der Waals surface area contributed by atoms with Crippen molar-refractivity contribution < 1.29 is 14.1 Å². The molecule has 0 aliphatic heterocycles. The Morgan fingerprint density at radius 3 is 2.56 bits per heavy atom. The second kappa shape index (κ2) is 7.28. The van der Waals surface area contributed by atoms with Gasteiger partial charge in [0.15, 0.2) is 0 Å². The Morgan fingerprint density at radius 2 is 2.00 bits per heavy atom. The fraction of sp³-hybridized carbons (Fsp3) is 0.462. The number of hydrogen-bond acceptors (Lipinski definition) is 3. The zero-order valence-corrected chi connectivity index (χ0v) is 11.5. The van der Waals surface area contributed by atoms with Crippen molar-refractivity contribution in [2.45, 2.75) is 25.5 Å². The fourth-order valence-corrected chi connectivity index (χ4v) is 2.45. The van der Waals surface area contributed by atoms with Crippen LogP contribution in [0.1, 0.15) is 18.9 Å². The number of aryl methyl sites for hydroxylation is 1. The van der Waals surface area contributed by atoms with Crippen molar-refractivity contribution in [1.29, 1.82) is 0 Å². The minimum absolute atomic E-state index is 0.00194. The molecule has 1 amide bonds. The summed E-state index contributed by atoms with van der Waals surface area (Å²) in [5.41, 5.74) is 1.82. The van der Waals surface area contributed by atoms with Crippen LogP contribution in [0.3, 0.4) is 0 Å². The van der Waals surface area contributed by atoms with Crippen LogP contribution in [0.15, 0.2) is 24.3 Å². The number of hydrogen-bond donors (Lipinski definition) is 2. The van der Waals surface area contributed by atoms with Gasteiger partial charge in [-0.25, -0.2) is 0 Å². The molecule has 0 fully saturated rings. The van der Waals surface area contributed by atoms with E-state index < -0.39 is 16.0 Å². The Morgan fingerprint density at radius 1 is 1.39 bits per heavy atom. The Labute approximate surface area is 110 Å². The molecule has 2 unspecified atom stereocenters. The quantitative estimate of drug-likeness (QED) is 0.821. The van der Waals surface area contributed by atoms with Crippen LogP contribution >= 0.6 is 0 Å². The van der Waals surface area contributed by atoms with E-state index in [4.69, 9.17) is 5.11 Å². The maximum absolute atomic E-state index is 11.8. The molecule has 0 spiro atoms. The fourth-order valence-electron chi connectivity index (χ4n) is 1.38. The lowest BCUT2D eigenvalue weighted by molar-refractivity contribution is -0.115. The van der Waals surface area contributed by atoms with Gasteiger partial charge in [0, 0.05) is 28.8 Å². The standard InChI is InChI=1S/C13H19NO3S/c1-10-4-6-12(7-5-10)14-13(16)11(2)18(17)9-3-8-15/h4-7,11,15H,3,8-9H2,1-2H3,(H,14,16). The number of aliphatic hydroxyl groups excluding tert-OH is 1. The van der Waals surface area contributed by atoms with Crippen LogP contribution in [-0.2, 0) is 15.6 Å². The van der Waals surface area contributed by atoms with E-state index in [2.05, 4.69) is 5.32 Å². The van der Waals surface area contributed by atoms with E-state index in [0.29, 0.717) is 17.9 Å². The van der Waals surface area contributed by atoms with Gasteiger partial charge in [-0.3, -0.25) is 9.00 Å². The Hall–Kier alpha value is -1.20. The molecule has 1 aromatic rings. The summed E-state index contributed by atoms with van der Waals surface area (Å²) in [6, 6.07) is 7.44. The van der Waals surface area contributed by atoms with Gasteiger partial charge < -0.3 is 10.4 Å². The van der Waals surface area contributed by atoms with Gasteiger partial charge in [-0.15, -0.1) is 0 Å². The molecule has 2 N–H and O–H groups in total. The third kappa shape index (κ3) is 4.58. The van der Waals surface area contributed by atoms with Crippen LogP contribution in [0.2, 0.25) is 0 Å². The average Bonchev–Trinajstić information content (AvgIpc) is 2.37. The number of aliphatic hydroxyl groups is 1. The zero-order valence-electron chi connectivity index (χ0n) is 10.7. The van der Waals surface area contributed by atoms with Crippen molar-refractivity contribution in [3.63, 3.8) is 0 Å². The first-order valence-corrected chi connectivity index (χ1v) is 7.28. The molecule has 2 atom stereocenters. The molecular formula is C13H19NO3S. The van der Waals surface area contributed by atoms with Gasteiger partial charge in [0.2, 0.25) is 5.91 Å². The normalized spacial score (nSPS) is 13.9. The van der Waals surface area contributed by atoms with Crippen LogP contribution in [0.5, 0.6) is 0 Å². The lowest BCUT2D eigenvalue weighted by Crippen LogP contribution is -2.30. The lowest BCUT2D eigenvalue weighted by Gasteiger charge is -2.12. The van der Waals surface area contributed by atoms with Crippen LogP contribution in [0.25, 0.3) is 0 Å². The van der Waals surface area contributed by atoms with Gasteiger partial charge in [0.1, 0.15) is 5.25 Å². The number of carbonyl (C=O) groups is 1. The molecule has 0 radical (unpaired) electrons. The highest BCUT2D eigenvalue weighted by molar-refractivity contribution is 7.86. The largest absolute Gasteiger partial charge is 0.396 e. The molecule has 0 saturated heterocycles. The highest BCUT2D eigenvalue weighted by Gasteiger charge is 2.19. The zero-order chi connectivity index (χ0) is 13.5. The van der Waals surface area contributed by atoms with E-state index in [1.54, 1.807) is 6.92 Å². The van der Waals surface area contributed by atoms with Gasteiger partial charge in [0.25, 0.3) is 0 Å². The van der Waals surface area contributed by atoms with Crippen LogP contribution in [0.4, 0.5) is 5.69 Å². The molecule has 100 valence electrons. The molecule has 0 heterocycles. The molecule has 4 nitrogen and oxygen atoms in total. The maximum Gasteiger partial charge on any atom is 0.239 e. The summed E-state index contributed by atoms with van der Waals surface area (Å²) < 4.78 is 11.7. The van der Waals surface area contributed by atoms with Gasteiger partial charge in [-0.05, 0) is 32.4 Å². The predicted molar refractivity (Wildman–Crippen MR) is 74.0 cm³/mol. The van der Waals surface area contributed by atoms with Gasteiger partial charge in [0.05, 0.1) is 0 Å². The van der Waals surface area contributed by atoms with E-state index >= 15 is 0 Å². The van der Waals surface area contributed by atoms with Crippen molar-refractivity contribution in [3.05, 3.63) is 29.8 Å². The summed E-state index contributed by atoms with van der Waals surface area (Å²) in [5.74, 6) is 0.0917. The number of nitrogens with one attached hydrogen (secondary N) is 1. The van der Waals surface area contributed by atoms with E-state index in [1.807, 2.05) is 31.2 Å². The molecular weight excluding hydrogens is 250 g/mol. The summed E-state index contributed by atoms with van der Waals surface area (Å²) in [6.07, 6.45) is 0.453. The predicted octanol–water partition coefficient (Wildman–Crippen LogP) is 1.45. The average molecular weight is 269 g/mol. The summed E-state index contributed by atoms with van der Waals surface area (Å²) in [7, 11) is -1.24. The number of carbonyl (C=O) groups excluding carboxylic acids is 1. The van der Waals surface area contributed by atoms with Crippen molar-refractivity contribution in [1.82, 2.24) is 0 Å². The van der Waals surface area contributed by atoms with Crippen LogP contribution in [0, 0.1) is 6.92 Å². The van der Waals surface area contributed by atoms with Crippen molar-refractivity contribution >= 4 is 22.4 Å². The van der Waals surface area contributed by atoms with E-state index in [1.165, 1.54) is 0 Å². The minimum Gasteiger partial charge on any atom is -0.396 e. The Bertz CT molecular complexity index is 417. The van der Waals surface area contributed by atoms with Gasteiger partial charge in [-0.1, -0.05) is 17.7 Å². The molecule has 1 rings (SSSR count). The lowest BCUT2D eigenvalue weighted by atomic mass is 10.2. The SMILES string of the molecule is Cc1ccc(NC(=O)C(C)S(=O)CCCO)cc1. The van der Waals surface area contributed by atoms with Crippen molar-refractivity contribution in [2.75, 3.05) is 17.7 Å². The number of rotatable bonds is 6. The summed E-state index contributed by atoms with van der Waals surface area (Å²) in [6.45, 7) is 3.60. The van der Waals surface area contributed by atoms with Crippen molar-refractivity contribution in [2.24, 2.45) is 0 Å². The molecule has 0 saturated carbocycles. The summed E-state index contributed by atoms with van der Waals surface area (Å²) in [5, 5.41) is 10.8. The van der Waals surface area contributed by atoms with E-state index in [9.17, 15) is 9.00 Å². The number of benzene rings is 1. The molecule has 0 aliphatic rings. The highest BCUT2D eigenvalue weighted by atomic mass is 32.2. The first-order valence-electron chi connectivity index (χ1n) is 5.90. The van der Waals surface area contributed by atoms with E-state index in [-0.39, 0.29) is 12.5 Å². The van der Waals surface area contributed by atoms with E-state index in [0.717, 1.165) is 5.56 Å². The minimum atomic E-state index is -1.24. The third-order valence-electron chi connectivity index (χ3n) is 2.59. The highest BCUT2D eigenvalue weighted by Crippen LogP contribution is 2.10. The molecule has 0 aromatic heterocycles. The first-order chi connectivity index (χ1) is 8.54. The third-order valence-corrected chi connectivity index (χ3v) is 4.28. The molecule has 5 heteroatoms. The summed E-state index contributed by atoms with van der Waals surface area (Å²) >= 11 is 0. The molecule has 0 bridgehead atoms. The second-order valence-corrected chi connectivity index (χ2v) is 6.04. The molecule has 18 heavy (non-hydrogen) atoms. The molecule has 0 aliphatic carbocycles. The number of anilines is 1. The monoisotopic (exact) mass is 269 g/mol. The summed E-state index contributed by atoms with van der Waals surface area (Å²) in [4.78, 5) is 11.8. The maximum atomic E-state index is 11.8. The van der Waals surface area contributed by atoms with Gasteiger partial charge in [-0.2, -0.15) is 0 Å².